The molecule has 254 valence electrons. The van der Waals surface area contributed by atoms with Crippen LogP contribution in [0.15, 0.2) is 66.7 Å². The molecule has 3 rings (SSSR count). The molecule has 3 aromatic carbocycles. The molecule has 9 nitrogen and oxygen atoms in total. The number of nitrogens with zero attached hydrogens (tertiary/aromatic N) is 1. The van der Waals surface area contributed by atoms with Gasteiger partial charge in [-0.05, 0) is 119 Å². The van der Waals surface area contributed by atoms with Gasteiger partial charge in [-0.15, -0.1) is 0 Å². The van der Waals surface area contributed by atoms with Gasteiger partial charge in [0.1, 0.15) is 29.2 Å². The first-order valence-corrected chi connectivity index (χ1v) is 16.2. The lowest BCUT2D eigenvalue weighted by atomic mass is 9.92. The lowest BCUT2D eigenvalue weighted by molar-refractivity contribution is -0.143. The summed E-state index contributed by atoms with van der Waals surface area (Å²) in [4.78, 5) is 44.2. The van der Waals surface area contributed by atoms with Crippen LogP contribution in [0.4, 0.5) is 10.5 Å². The van der Waals surface area contributed by atoms with Crippen molar-refractivity contribution >= 4 is 23.6 Å². The molecule has 47 heavy (non-hydrogen) atoms. The molecule has 0 spiro atoms. The van der Waals surface area contributed by atoms with E-state index < -0.39 is 29.7 Å². The average molecular weight is 646 g/mol. The zero-order chi connectivity index (χ0) is 34.9. The number of carbonyl (C=O) groups excluding carboxylic acids is 3. The maximum absolute atomic E-state index is 15.0. The number of phenolic OH excluding ortho intramolecular Hbond substituents is 1. The zero-order valence-electron chi connectivity index (χ0n) is 29.2. The Morgan fingerprint density at radius 2 is 1.53 bits per heavy atom. The number of benzene rings is 3. The summed E-state index contributed by atoms with van der Waals surface area (Å²) in [5.41, 5.74) is 3.06. The molecule has 0 saturated heterocycles. The highest BCUT2D eigenvalue weighted by molar-refractivity contribution is 5.99. The molecule has 3 atom stereocenters. The smallest absolute Gasteiger partial charge is 0.408 e. The number of anilines is 1. The van der Waals surface area contributed by atoms with Gasteiger partial charge in [0.15, 0.2) is 0 Å². The van der Waals surface area contributed by atoms with E-state index in [0.29, 0.717) is 29.3 Å². The molecule has 0 heterocycles. The lowest BCUT2D eigenvalue weighted by Crippen LogP contribution is -2.55. The fourth-order valence-corrected chi connectivity index (χ4v) is 5.38. The SMILES string of the molecule is COc1ccc(NC(=O)C(c2cccc(C)c2C)N(C(=O)C(Cc2ccc(O)cc2)NC(=O)OC(C)(C)C)C(C)CCC(C)C)cc1. The van der Waals surface area contributed by atoms with Gasteiger partial charge in [0.05, 0.1) is 7.11 Å². The van der Waals surface area contributed by atoms with Gasteiger partial charge in [-0.2, -0.15) is 0 Å². The van der Waals surface area contributed by atoms with Crippen molar-refractivity contribution in [1.29, 1.82) is 0 Å². The second-order valence-corrected chi connectivity index (χ2v) is 13.5. The molecule has 9 heteroatoms. The summed E-state index contributed by atoms with van der Waals surface area (Å²) >= 11 is 0. The topological polar surface area (TPSA) is 117 Å². The van der Waals surface area contributed by atoms with E-state index in [4.69, 9.17) is 9.47 Å². The molecule has 0 aliphatic heterocycles. The van der Waals surface area contributed by atoms with Gasteiger partial charge < -0.3 is 30.1 Å². The van der Waals surface area contributed by atoms with E-state index in [1.54, 1.807) is 69.2 Å². The number of ether oxygens (including phenoxy) is 2. The van der Waals surface area contributed by atoms with Gasteiger partial charge in [-0.25, -0.2) is 4.79 Å². The Labute approximate surface area is 279 Å². The summed E-state index contributed by atoms with van der Waals surface area (Å²) in [7, 11) is 1.58. The van der Waals surface area contributed by atoms with Crippen molar-refractivity contribution in [2.24, 2.45) is 5.92 Å². The fraction of sp³-hybridized carbons (Fsp3) is 0.447. The summed E-state index contributed by atoms with van der Waals surface area (Å²) in [6.45, 7) is 15.4. The average Bonchev–Trinajstić information content (AvgIpc) is 3.00. The molecule has 3 N–H and O–H groups in total. The number of methoxy groups -OCH3 is 1. The van der Waals surface area contributed by atoms with Crippen molar-refractivity contribution in [1.82, 2.24) is 10.2 Å². The number of phenols is 1. The molecule has 0 fully saturated rings. The summed E-state index contributed by atoms with van der Waals surface area (Å²) < 4.78 is 10.9. The predicted octanol–water partition coefficient (Wildman–Crippen LogP) is 7.49. The highest BCUT2D eigenvalue weighted by Crippen LogP contribution is 2.32. The zero-order valence-corrected chi connectivity index (χ0v) is 29.2. The van der Waals surface area contributed by atoms with E-state index in [2.05, 4.69) is 24.5 Å². The number of hydrogen-bond acceptors (Lipinski definition) is 6. The van der Waals surface area contributed by atoms with E-state index in [9.17, 15) is 19.5 Å². The number of amides is 3. The van der Waals surface area contributed by atoms with Crippen LogP contribution in [-0.4, -0.2) is 52.7 Å². The Morgan fingerprint density at radius 3 is 2.11 bits per heavy atom. The Hall–Kier alpha value is -4.53. The van der Waals surface area contributed by atoms with E-state index in [-0.39, 0.29) is 24.1 Å². The van der Waals surface area contributed by atoms with E-state index in [1.165, 1.54) is 12.1 Å². The lowest BCUT2D eigenvalue weighted by Gasteiger charge is -2.39. The van der Waals surface area contributed by atoms with Gasteiger partial charge in [0.2, 0.25) is 5.91 Å². The normalized spacial score (nSPS) is 13.3. The van der Waals surface area contributed by atoms with Gasteiger partial charge in [-0.3, -0.25) is 9.59 Å². The summed E-state index contributed by atoms with van der Waals surface area (Å²) in [5, 5.41) is 15.7. The van der Waals surface area contributed by atoms with Gasteiger partial charge >= 0.3 is 6.09 Å². The van der Waals surface area contributed by atoms with Crippen LogP contribution >= 0.6 is 0 Å². The fourth-order valence-electron chi connectivity index (χ4n) is 5.38. The van der Waals surface area contributed by atoms with Crippen molar-refractivity contribution < 1.29 is 29.0 Å². The van der Waals surface area contributed by atoms with Crippen molar-refractivity contribution in [2.75, 3.05) is 12.4 Å². The second kappa shape index (κ2) is 16.3. The van der Waals surface area contributed by atoms with Crippen molar-refractivity contribution in [3.05, 3.63) is 89.0 Å². The Morgan fingerprint density at radius 1 is 0.894 bits per heavy atom. The Balaban J connectivity index is 2.17. The maximum atomic E-state index is 15.0. The third kappa shape index (κ3) is 10.8. The Kier molecular flexibility index (Phi) is 12.8. The minimum Gasteiger partial charge on any atom is -0.508 e. The highest BCUT2D eigenvalue weighted by Gasteiger charge is 2.39. The number of aryl methyl sites for hydroxylation is 1. The van der Waals surface area contributed by atoms with Crippen LogP contribution < -0.4 is 15.4 Å². The number of rotatable bonds is 13. The van der Waals surface area contributed by atoms with E-state index >= 15 is 0 Å². The number of carbonyl (C=O) groups is 3. The minimum atomic E-state index is -1.07. The van der Waals surface area contributed by atoms with Crippen LogP contribution in [0.1, 0.15) is 82.7 Å². The van der Waals surface area contributed by atoms with Crippen LogP contribution in [0.5, 0.6) is 11.5 Å². The van der Waals surface area contributed by atoms with Gasteiger partial charge in [0, 0.05) is 18.2 Å². The molecular formula is C38H51N3O6. The summed E-state index contributed by atoms with van der Waals surface area (Å²) in [6, 6.07) is 16.8. The molecule has 3 aromatic rings. The Bertz CT molecular complexity index is 1500. The van der Waals surface area contributed by atoms with Crippen molar-refractivity contribution in [2.45, 2.75) is 98.4 Å². The third-order valence-electron chi connectivity index (χ3n) is 8.08. The van der Waals surface area contributed by atoms with Crippen LogP contribution in [0.3, 0.4) is 0 Å². The van der Waals surface area contributed by atoms with Crippen LogP contribution in [-0.2, 0) is 20.7 Å². The second-order valence-electron chi connectivity index (χ2n) is 13.5. The van der Waals surface area contributed by atoms with Gasteiger partial charge in [-0.1, -0.05) is 44.2 Å². The molecule has 0 aliphatic rings. The van der Waals surface area contributed by atoms with Crippen LogP contribution in [0.25, 0.3) is 0 Å². The summed E-state index contributed by atoms with van der Waals surface area (Å²) in [5.74, 6) is 0.309. The number of hydrogen-bond donors (Lipinski definition) is 3. The molecule has 3 amide bonds. The molecule has 3 unspecified atom stereocenters. The highest BCUT2D eigenvalue weighted by atomic mass is 16.6. The number of nitrogens with one attached hydrogen (secondary N) is 2. The third-order valence-corrected chi connectivity index (χ3v) is 8.08. The van der Waals surface area contributed by atoms with Crippen LogP contribution in [0.2, 0.25) is 0 Å². The summed E-state index contributed by atoms with van der Waals surface area (Å²) in [6.07, 6.45) is 0.840. The molecular weight excluding hydrogens is 594 g/mol. The molecule has 0 saturated carbocycles. The number of aromatic hydroxyl groups is 1. The monoisotopic (exact) mass is 645 g/mol. The molecule has 0 aliphatic carbocycles. The van der Waals surface area contributed by atoms with E-state index in [0.717, 1.165) is 23.1 Å². The quantitative estimate of drug-likeness (QED) is 0.177. The first-order chi connectivity index (χ1) is 22.1. The minimum absolute atomic E-state index is 0.0888. The molecule has 0 radical (unpaired) electrons. The van der Waals surface area contributed by atoms with Crippen molar-refractivity contribution in [3.63, 3.8) is 0 Å². The first kappa shape index (κ1) is 36.9. The maximum Gasteiger partial charge on any atom is 0.408 e. The standard InChI is InChI=1S/C38H51N3O6/c1-24(2)13-14-26(4)41(36(44)33(40-37(45)47-38(6,7)8)23-28-15-19-30(42)20-16-28)34(32-12-10-11-25(3)27(32)5)35(43)39-29-17-21-31(46-9)22-18-29/h10-12,15-22,24,26,33-34,42H,13-14,23H2,1-9H3,(H,39,43)(H,40,45). The number of alkyl carbamates (subject to hydrolysis) is 1. The van der Waals surface area contributed by atoms with E-state index in [1.807, 2.05) is 39.0 Å². The first-order valence-electron chi connectivity index (χ1n) is 16.2. The molecule has 0 bridgehead atoms. The van der Waals surface area contributed by atoms with Crippen molar-refractivity contribution in [3.8, 4) is 11.5 Å². The van der Waals surface area contributed by atoms with Gasteiger partial charge in [0.25, 0.3) is 5.91 Å². The molecule has 0 aromatic heterocycles. The van der Waals surface area contributed by atoms with Crippen LogP contribution in [0, 0.1) is 19.8 Å². The largest absolute Gasteiger partial charge is 0.508 e. The predicted molar refractivity (Wildman–Crippen MR) is 186 cm³/mol.